The molecule has 0 heterocycles. The maximum absolute atomic E-state index is 14.1. The zero-order valence-electron chi connectivity index (χ0n) is 12.0. The van der Waals surface area contributed by atoms with Crippen molar-refractivity contribution in [2.24, 2.45) is 5.92 Å². The number of esters is 1. The Morgan fingerprint density at radius 1 is 1.33 bits per heavy atom. The highest BCUT2D eigenvalue weighted by atomic mass is 35.5. The number of carbonyl (C=O) groups excluding carboxylic acids is 1. The Balaban J connectivity index is 2.18. The summed E-state index contributed by atoms with van der Waals surface area (Å²) < 4.78 is 18.9. The zero-order valence-corrected chi connectivity index (χ0v) is 13.5. The van der Waals surface area contributed by atoms with Gasteiger partial charge in [-0.15, -0.1) is 0 Å². The molecule has 114 valence electrons. The van der Waals surface area contributed by atoms with E-state index in [0.29, 0.717) is 22.0 Å². The van der Waals surface area contributed by atoms with Gasteiger partial charge in [0.1, 0.15) is 0 Å². The first kappa shape index (κ1) is 16.3. The first-order valence-electron chi connectivity index (χ1n) is 7.00. The second kappa shape index (κ2) is 6.80. The van der Waals surface area contributed by atoms with E-state index >= 15 is 0 Å². The van der Waals surface area contributed by atoms with Crippen LogP contribution >= 0.6 is 23.2 Å². The molecule has 0 aromatic heterocycles. The number of carbonyl (C=O) groups is 1. The predicted octanol–water partition coefficient (Wildman–Crippen LogP) is 5.29. The average molecular weight is 331 g/mol. The number of ether oxygens (including phenoxy) is 1. The summed E-state index contributed by atoms with van der Waals surface area (Å²) in [5.41, 5.74) is 1.56. The van der Waals surface area contributed by atoms with Crippen LogP contribution in [0.3, 0.4) is 0 Å². The highest BCUT2D eigenvalue weighted by molar-refractivity contribution is 6.42. The Bertz CT molecular complexity index is 584. The van der Waals surface area contributed by atoms with Crippen molar-refractivity contribution >= 4 is 29.2 Å². The molecule has 1 fully saturated rings. The van der Waals surface area contributed by atoms with Gasteiger partial charge in [0, 0.05) is 0 Å². The minimum Gasteiger partial charge on any atom is -0.461 e. The molecule has 1 aromatic rings. The Kier molecular flexibility index (Phi) is 5.28. The summed E-state index contributed by atoms with van der Waals surface area (Å²) in [6, 6.07) is 5.45. The minimum atomic E-state index is -0.867. The Morgan fingerprint density at radius 2 is 2.05 bits per heavy atom. The van der Waals surface area contributed by atoms with E-state index in [4.69, 9.17) is 27.9 Å². The first-order chi connectivity index (χ1) is 9.99. The van der Waals surface area contributed by atoms with Crippen LogP contribution in [0.25, 0.3) is 0 Å². The molecule has 0 spiro atoms. The third kappa shape index (κ3) is 3.58. The quantitative estimate of drug-likeness (QED) is 0.541. The largest absolute Gasteiger partial charge is 0.461 e. The van der Waals surface area contributed by atoms with Crippen molar-refractivity contribution < 1.29 is 13.9 Å². The number of hydrogen-bond donors (Lipinski definition) is 0. The normalized spacial score (nSPS) is 21.8. The molecule has 1 aromatic carbocycles. The van der Waals surface area contributed by atoms with Gasteiger partial charge < -0.3 is 4.74 Å². The van der Waals surface area contributed by atoms with Crippen molar-refractivity contribution in [2.75, 3.05) is 6.61 Å². The van der Waals surface area contributed by atoms with Crippen LogP contribution < -0.4 is 0 Å². The summed E-state index contributed by atoms with van der Waals surface area (Å²) in [4.78, 5) is 11.5. The third-order valence-electron chi connectivity index (χ3n) is 3.73. The van der Waals surface area contributed by atoms with Crippen LogP contribution in [0.4, 0.5) is 4.39 Å². The van der Waals surface area contributed by atoms with E-state index in [1.165, 1.54) is 0 Å². The van der Waals surface area contributed by atoms with Gasteiger partial charge in [-0.1, -0.05) is 36.2 Å². The zero-order chi connectivity index (χ0) is 15.6. The van der Waals surface area contributed by atoms with Crippen LogP contribution in [-0.2, 0) is 9.53 Å². The van der Waals surface area contributed by atoms with E-state index < -0.39 is 11.8 Å². The van der Waals surface area contributed by atoms with E-state index in [-0.39, 0.29) is 18.4 Å². The molecule has 0 saturated heterocycles. The summed E-state index contributed by atoms with van der Waals surface area (Å²) in [6.45, 7) is 3.68. The van der Waals surface area contributed by atoms with Gasteiger partial charge in [-0.2, -0.15) is 4.39 Å². The molecule has 5 heteroatoms. The molecule has 1 aliphatic carbocycles. The van der Waals surface area contributed by atoms with E-state index in [2.05, 4.69) is 0 Å². The van der Waals surface area contributed by atoms with E-state index in [0.717, 1.165) is 12.0 Å². The third-order valence-corrected chi connectivity index (χ3v) is 4.47. The summed E-state index contributed by atoms with van der Waals surface area (Å²) in [6.07, 6.45) is 1.31. The predicted molar refractivity (Wildman–Crippen MR) is 82.4 cm³/mol. The minimum absolute atomic E-state index is 0.0386. The molecular weight excluding hydrogens is 314 g/mol. The van der Waals surface area contributed by atoms with Gasteiger partial charge in [0.25, 0.3) is 0 Å². The van der Waals surface area contributed by atoms with Crippen molar-refractivity contribution in [3.05, 3.63) is 45.2 Å². The standard InChI is InChI=1S/C16H17Cl2FO2/c1-3-10(15(19)16(20)21-4-2)12-8-11(12)9-5-6-13(17)14(18)7-9/h5-7,11-12H,3-4,8H2,1-2H3/b15-10-/t11-,12-/m0/s1. The maximum atomic E-state index is 14.1. The number of hydrogen-bond acceptors (Lipinski definition) is 2. The van der Waals surface area contributed by atoms with Gasteiger partial charge in [0.05, 0.1) is 16.7 Å². The Hall–Kier alpha value is -1.06. The second-order valence-corrected chi connectivity index (χ2v) is 5.85. The molecule has 21 heavy (non-hydrogen) atoms. The molecular formula is C16H17Cl2FO2. The van der Waals surface area contributed by atoms with Crippen molar-refractivity contribution in [1.29, 1.82) is 0 Å². The van der Waals surface area contributed by atoms with Crippen molar-refractivity contribution in [2.45, 2.75) is 32.6 Å². The smallest absolute Gasteiger partial charge is 0.367 e. The van der Waals surface area contributed by atoms with Gasteiger partial charge in [-0.25, -0.2) is 4.79 Å². The molecule has 0 aliphatic heterocycles. The molecule has 1 aliphatic rings. The van der Waals surface area contributed by atoms with Crippen LogP contribution in [0, 0.1) is 5.92 Å². The number of benzene rings is 1. The monoisotopic (exact) mass is 330 g/mol. The van der Waals surface area contributed by atoms with Crippen molar-refractivity contribution in [1.82, 2.24) is 0 Å². The topological polar surface area (TPSA) is 26.3 Å². The van der Waals surface area contributed by atoms with Crippen LogP contribution in [0.1, 0.15) is 38.2 Å². The SMILES string of the molecule is CCOC(=O)/C(F)=C(\CC)[C@@H]1C[C@H]1c1ccc(Cl)c(Cl)c1. The lowest BCUT2D eigenvalue weighted by Crippen LogP contribution is -2.08. The second-order valence-electron chi connectivity index (χ2n) is 5.04. The first-order valence-corrected chi connectivity index (χ1v) is 7.75. The van der Waals surface area contributed by atoms with Gasteiger partial charge in [0.15, 0.2) is 0 Å². The number of halogens is 3. The number of allylic oxidation sites excluding steroid dienone is 1. The summed E-state index contributed by atoms with van der Waals surface area (Å²) in [5, 5.41) is 0.995. The molecule has 2 atom stereocenters. The van der Waals surface area contributed by atoms with Gasteiger partial charge >= 0.3 is 5.97 Å². The van der Waals surface area contributed by atoms with Gasteiger partial charge in [0.2, 0.25) is 5.83 Å². The molecule has 1 saturated carbocycles. The van der Waals surface area contributed by atoms with Crippen LogP contribution in [0.5, 0.6) is 0 Å². The van der Waals surface area contributed by atoms with Gasteiger partial charge in [-0.3, -0.25) is 0 Å². The molecule has 2 nitrogen and oxygen atoms in total. The highest BCUT2D eigenvalue weighted by Gasteiger charge is 2.42. The summed E-state index contributed by atoms with van der Waals surface area (Å²) >= 11 is 11.9. The van der Waals surface area contributed by atoms with E-state index in [1.54, 1.807) is 13.0 Å². The molecule has 0 bridgehead atoms. The maximum Gasteiger partial charge on any atom is 0.367 e. The van der Waals surface area contributed by atoms with Crippen LogP contribution in [0.15, 0.2) is 29.6 Å². The van der Waals surface area contributed by atoms with Gasteiger partial charge in [-0.05, 0) is 54.9 Å². The molecule has 0 amide bonds. The van der Waals surface area contributed by atoms with Crippen LogP contribution in [-0.4, -0.2) is 12.6 Å². The van der Waals surface area contributed by atoms with Crippen molar-refractivity contribution in [3.63, 3.8) is 0 Å². The molecule has 0 N–H and O–H groups in total. The summed E-state index contributed by atoms with van der Waals surface area (Å²) in [5.74, 6) is -1.38. The molecule has 2 rings (SSSR count). The molecule has 0 radical (unpaired) electrons. The number of rotatable bonds is 5. The lowest BCUT2D eigenvalue weighted by Gasteiger charge is -2.08. The Labute approximate surface area is 133 Å². The fourth-order valence-corrected chi connectivity index (χ4v) is 2.90. The van der Waals surface area contributed by atoms with Crippen molar-refractivity contribution in [3.8, 4) is 0 Å². The highest BCUT2D eigenvalue weighted by Crippen LogP contribution is 2.54. The van der Waals surface area contributed by atoms with E-state index in [1.807, 2.05) is 19.1 Å². The fourth-order valence-electron chi connectivity index (χ4n) is 2.60. The fraction of sp³-hybridized carbons (Fsp3) is 0.438. The Morgan fingerprint density at radius 3 is 2.62 bits per heavy atom. The lowest BCUT2D eigenvalue weighted by molar-refractivity contribution is -0.140. The van der Waals surface area contributed by atoms with Crippen LogP contribution in [0.2, 0.25) is 10.0 Å². The van der Waals surface area contributed by atoms with E-state index in [9.17, 15) is 9.18 Å². The molecule has 0 unspecified atom stereocenters. The average Bonchev–Trinajstić information content (AvgIpc) is 3.23. The lowest BCUT2D eigenvalue weighted by atomic mass is 10.0. The summed E-state index contributed by atoms with van der Waals surface area (Å²) in [7, 11) is 0.